The molecule has 0 spiro atoms. The Morgan fingerprint density at radius 2 is 1.94 bits per heavy atom. The molecule has 3 amide bonds. The van der Waals surface area contributed by atoms with Crippen molar-refractivity contribution in [3.8, 4) is 5.75 Å². The van der Waals surface area contributed by atoms with E-state index in [9.17, 15) is 9.59 Å². The van der Waals surface area contributed by atoms with E-state index in [1.165, 1.54) is 11.3 Å². The second-order valence-corrected chi connectivity index (χ2v) is 9.31. The quantitative estimate of drug-likeness (QED) is 0.677. The lowest BCUT2D eigenvalue weighted by molar-refractivity contribution is -0.130. The minimum Gasteiger partial charge on any atom is -0.491 e. The van der Waals surface area contributed by atoms with Gasteiger partial charge in [0.1, 0.15) is 5.75 Å². The minimum atomic E-state index is -0.353. The van der Waals surface area contributed by atoms with Crippen molar-refractivity contribution >= 4 is 34.1 Å². The van der Waals surface area contributed by atoms with E-state index in [1.807, 2.05) is 30.0 Å². The first-order chi connectivity index (χ1) is 14.8. The molecule has 1 saturated heterocycles. The van der Waals surface area contributed by atoms with Crippen LogP contribution < -0.4 is 15.4 Å². The van der Waals surface area contributed by atoms with E-state index < -0.39 is 0 Å². The maximum atomic E-state index is 12.5. The number of rotatable bonds is 7. The highest BCUT2D eigenvalue weighted by molar-refractivity contribution is 7.15. The number of piperazine rings is 1. The van der Waals surface area contributed by atoms with Gasteiger partial charge < -0.3 is 15.0 Å². The van der Waals surface area contributed by atoms with E-state index in [2.05, 4.69) is 34.4 Å². The number of aromatic nitrogens is 1. The number of carbonyl (C=O) groups is 2. The second-order valence-electron chi connectivity index (χ2n) is 8.20. The maximum Gasteiger partial charge on any atom is 0.325 e. The Kier molecular flexibility index (Phi) is 7.86. The van der Waals surface area contributed by atoms with Crippen LogP contribution in [0.1, 0.15) is 31.2 Å². The maximum absolute atomic E-state index is 12.5. The number of aryl methyl sites for hydroxylation is 1. The van der Waals surface area contributed by atoms with E-state index in [4.69, 9.17) is 4.74 Å². The van der Waals surface area contributed by atoms with Gasteiger partial charge in [0, 0.05) is 50.7 Å². The summed E-state index contributed by atoms with van der Waals surface area (Å²) < 4.78 is 5.86. The number of ether oxygens (including phenoxy) is 1. The second kappa shape index (κ2) is 10.6. The summed E-state index contributed by atoms with van der Waals surface area (Å²) in [6.07, 6.45) is 1.79. The summed E-state index contributed by atoms with van der Waals surface area (Å²) in [5, 5.41) is 6.21. The van der Waals surface area contributed by atoms with Crippen molar-refractivity contribution in [1.82, 2.24) is 14.8 Å². The highest BCUT2D eigenvalue weighted by Crippen LogP contribution is 2.27. The molecule has 1 fully saturated rings. The lowest BCUT2D eigenvalue weighted by atomic mass is 10.2. The highest BCUT2D eigenvalue weighted by atomic mass is 32.1. The van der Waals surface area contributed by atoms with Gasteiger partial charge in [0.15, 0.2) is 5.13 Å². The Morgan fingerprint density at radius 1 is 1.19 bits per heavy atom. The molecular weight excluding hydrogens is 414 g/mol. The summed E-state index contributed by atoms with van der Waals surface area (Å²) in [6.45, 7) is 12.3. The Morgan fingerprint density at radius 3 is 2.61 bits per heavy atom. The number of hydrogen-bond donors (Lipinski definition) is 2. The monoisotopic (exact) mass is 445 g/mol. The fourth-order valence-corrected chi connectivity index (χ4v) is 4.09. The number of carbonyl (C=O) groups excluding carboxylic acids is 2. The van der Waals surface area contributed by atoms with Crippen LogP contribution in [0.3, 0.4) is 0 Å². The van der Waals surface area contributed by atoms with E-state index in [-0.39, 0.29) is 11.9 Å². The molecule has 8 nitrogen and oxygen atoms in total. The standard InChI is InChI=1S/C22H31N5O3S/c1-15(2)14-30-20-11-16(3)5-6-19(20)24-21(29)25-22-23-12-18(31-22)13-26-7-9-27(10-8-26)17(4)28/h5-6,11-12,15H,7-10,13-14H2,1-4H3,(H2,23,24,25,29). The summed E-state index contributed by atoms with van der Waals surface area (Å²) in [4.78, 5) is 33.5. The van der Waals surface area contributed by atoms with Gasteiger partial charge in [-0.05, 0) is 30.5 Å². The summed E-state index contributed by atoms with van der Waals surface area (Å²) in [7, 11) is 0. The van der Waals surface area contributed by atoms with Gasteiger partial charge >= 0.3 is 6.03 Å². The number of hydrogen-bond acceptors (Lipinski definition) is 6. The van der Waals surface area contributed by atoms with Gasteiger partial charge in [0.2, 0.25) is 5.91 Å². The zero-order chi connectivity index (χ0) is 22.4. The average Bonchev–Trinajstić information content (AvgIpc) is 3.15. The molecule has 1 aromatic heterocycles. The Labute approximate surface area is 187 Å². The smallest absolute Gasteiger partial charge is 0.325 e. The molecule has 1 aliphatic rings. The molecule has 0 unspecified atom stereocenters. The molecule has 9 heteroatoms. The zero-order valence-corrected chi connectivity index (χ0v) is 19.4. The van der Waals surface area contributed by atoms with Crippen LogP contribution in [0.15, 0.2) is 24.4 Å². The predicted octanol–water partition coefficient (Wildman–Crippen LogP) is 3.79. The molecule has 0 radical (unpaired) electrons. The van der Waals surface area contributed by atoms with Crippen LogP contribution in [-0.2, 0) is 11.3 Å². The largest absolute Gasteiger partial charge is 0.491 e. The summed E-state index contributed by atoms with van der Waals surface area (Å²) in [5.41, 5.74) is 1.70. The van der Waals surface area contributed by atoms with Crippen molar-refractivity contribution in [2.45, 2.75) is 34.2 Å². The van der Waals surface area contributed by atoms with Crippen molar-refractivity contribution in [3.05, 3.63) is 34.8 Å². The highest BCUT2D eigenvalue weighted by Gasteiger charge is 2.19. The lowest BCUT2D eigenvalue weighted by Crippen LogP contribution is -2.47. The third-order valence-electron chi connectivity index (χ3n) is 4.93. The Hall–Kier alpha value is -2.65. The van der Waals surface area contributed by atoms with Gasteiger partial charge in [0.25, 0.3) is 0 Å². The molecule has 2 aromatic rings. The van der Waals surface area contributed by atoms with E-state index in [0.717, 1.165) is 43.2 Å². The van der Waals surface area contributed by atoms with E-state index in [0.29, 0.717) is 29.1 Å². The number of nitrogens with one attached hydrogen (secondary N) is 2. The molecule has 0 atom stereocenters. The van der Waals surface area contributed by atoms with Crippen molar-refractivity contribution < 1.29 is 14.3 Å². The first kappa shape index (κ1) is 23.0. The van der Waals surface area contributed by atoms with Crippen LogP contribution in [0.25, 0.3) is 0 Å². The van der Waals surface area contributed by atoms with Crippen LogP contribution in [0.2, 0.25) is 0 Å². The van der Waals surface area contributed by atoms with Gasteiger partial charge in [-0.25, -0.2) is 9.78 Å². The first-order valence-electron chi connectivity index (χ1n) is 10.5. The van der Waals surface area contributed by atoms with Crippen molar-refractivity contribution in [1.29, 1.82) is 0 Å². The van der Waals surface area contributed by atoms with Crippen molar-refractivity contribution in [3.63, 3.8) is 0 Å². The zero-order valence-electron chi connectivity index (χ0n) is 18.6. The Bertz CT molecular complexity index is 906. The third-order valence-corrected chi connectivity index (χ3v) is 5.83. The number of urea groups is 1. The summed E-state index contributed by atoms with van der Waals surface area (Å²) >= 11 is 1.46. The van der Waals surface area contributed by atoms with E-state index >= 15 is 0 Å². The summed E-state index contributed by atoms with van der Waals surface area (Å²) in [6, 6.07) is 5.35. The number of amides is 3. The molecule has 0 saturated carbocycles. The van der Waals surface area contributed by atoms with Gasteiger partial charge in [0.05, 0.1) is 12.3 Å². The molecular formula is C22H31N5O3S. The van der Waals surface area contributed by atoms with Gasteiger partial charge in [-0.3, -0.25) is 15.0 Å². The normalized spacial score (nSPS) is 14.5. The third kappa shape index (κ3) is 6.93. The fourth-order valence-electron chi connectivity index (χ4n) is 3.24. The van der Waals surface area contributed by atoms with Crippen molar-refractivity contribution in [2.24, 2.45) is 5.92 Å². The van der Waals surface area contributed by atoms with Gasteiger partial charge in [-0.15, -0.1) is 11.3 Å². The van der Waals surface area contributed by atoms with Gasteiger partial charge in [-0.1, -0.05) is 19.9 Å². The summed E-state index contributed by atoms with van der Waals surface area (Å²) in [5.74, 6) is 1.18. The average molecular weight is 446 g/mol. The van der Waals surface area contributed by atoms with Crippen LogP contribution in [0.4, 0.5) is 15.6 Å². The minimum absolute atomic E-state index is 0.126. The SMILES string of the molecule is CC(=O)N1CCN(Cc2cnc(NC(=O)Nc3ccc(C)cc3OCC(C)C)s2)CC1. The van der Waals surface area contributed by atoms with Crippen LogP contribution in [0, 0.1) is 12.8 Å². The number of anilines is 2. The predicted molar refractivity (Wildman–Crippen MR) is 124 cm³/mol. The molecule has 0 bridgehead atoms. The van der Waals surface area contributed by atoms with Crippen LogP contribution in [-0.4, -0.2) is 59.5 Å². The molecule has 3 rings (SSSR count). The molecule has 168 valence electrons. The number of nitrogens with zero attached hydrogens (tertiary/aromatic N) is 3. The molecule has 2 N–H and O–H groups in total. The van der Waals surface area contributed by atoms with Crippen LogP contribution >= 0.6 is 11.3 Å². The molecule has 31 heavy (non-hydrogen) atoms. The van der Waals surface area contributed by atoms with Crippen molar-refractivity contribution in [2.75, 3.05) is 43.4 Å². The first-order valence-corrected chi connectivity index (χ1v) is 11.4. The fraction of sp³-hybridized carbons (Fsp3) is 0.500. The topological polar surface area (TPSA) is 86.8 Å². The molecule has 2 heterocycles. The lowest BCUT2D eigenvalue weighted by Gasteiger charge is -2.33. The Balaban J connectivity index is 1.53. The van der Waals surface area contributed by atoms with E-state index in [1.54, 1.807) is 13.1 Å². The number of benzene rings is 1. The molecule has 1 aromatic carbocycles. The molecule has 1 aliphatic heterocycles. The number of thiazole rings is 1. The molecule has 0 aliphatic carbocycles. The van der Waals surface area contributed by atoms with Gasteiger partial charge in [-0.2, -0.15) is 0 Å². The van der Waals surface area contributed by atoms with Crippen LogP contribution in [0.5, 0.6) is 5.75 Å².